The van der Waals surface area contributed by atoms with Gasteiger partial charge in [0.25, 0.3) is 5.91 Å². The SMILES string of the molecule is COc1cc(CC(=O)CNc2ccc(C(CC(=O)O)NC(=O)c3cccnn3)cn2)ccc1NC(=O)Nc1ccccc1C. The van der Waals surface area contributed by atoms with Crippen molar-refractivity contribution in [3.63, 3.8) is 0 Å². The van der Waals surface area contributed by atoms with E-state index in [4.69, 9.17) is 4.74 Å². The van der Waals surface area contributed by atoms with Crippen LogP contribution in [0.5, 0.6) is 5.75 Å². The molecule has 3 amide bonds. The third-order valence-electron chi connectivity index (χ3n) is 6.45. The summed E-state index contributed by atoms with van der Waals surface area (Å²) in [4.78, 5) is 53.4. The van der Waals surface area contributed by atoms with Gasteiger partial charge in [-0.2, -0.15) is 5.10 Å². The quantitative estimate of drug-likeness (QED) is 0.151. The van der Waals surface area contributed by atoms with Crippen molar-refractivity contribution in [2.45, 2.75) is 25.8 Å². The fourth-order valence-corrected chi connectivity index (χ4v) is 4.21. The van der Waals surface area contributed by atoms with E-state index in [1.165, 1.54) is 25.6 Å². The number of hydrogen-bond donors (Lipinski definition) is 5. The number of aryl methyl sites for hydroxylation is 1. The summed E-state index contributed by atoms with van der Waals surface area (Å²) < 4.78 is 5.43. The van der Waals surface area contributed by atoms with Crippen molar-refractivity contribution in [1.82, 2.24) is 20.5 Å². The average Bonchev–Trinajstić information content (AvgIpc) is 3.02. The molecule has 0 radical (unpaired) electrons. The fraction of sp³-hybridized carbons (Fsp3) is 0.194. The van der Waals surface area contributed by atoms with Gasteiger partial charge in [-0.05, 0) is 60.0 Å². The number of anilines is 3. The molecule has 2 aromatic heterocycles. The average molecular weight is 598 g/mol. The Morgan fingerprint density at radius 2 is 1.75 bits per heavy atom. The molecular formula is C31H31N7O6. The largest absolute Gasteiger partial charge is 0.495 e. The van der Waals surface area contributed by atoms with Crippen molar-refractivity contribution in [3.8, 4) is 5.75 Å². The van der Waals surface area contributed by atoms with Crippen LogP contribution in [0.1, 0.15) is 39.6 Å². The second-order valence-corrected chi connectivity index (χ2v) is 9.71. The summed E-state index contributed by atoms with van der Waals surface area (Å²) in [5, 5.41) is 27.9. The smallest absolute Gasteiger partial charge is 0.323 e. The fourth-order valence-electron chi connectivity index (χ4n) is 4.21. The highest BCUT2D eigenvalue weighted by atomic mass is 16.5. The van der Waals surface area contributed by atoms with Crippen molar-refractivity contribution in [2.24, 2.45) is 0 Å². The van der Waals surface area contributed by atoms with E-state index in [2.05, 4.69) is 36.4 Å². The van der Waals surface area contributed by atoms with E-state index < -0.39 is 23.9 Å². The lowest BCUT2D eigenvalue weighted by Gasteiger charge is -2.17. The Hall–Kier alpha value is -5.85. The minimum atomic E-state index is -1.10. The molecule has 2 aromatic carbocycles. The Morgan fingerprint density at radius 1 is 0.955 bits per heavy atom. The summed E-state index contributed by atoms with van der Waals surface area (Å²) >= 11 is 0. The minimum Gasteiger partial charge on any atom is -0.495 e. The molecule has 1 atom stereocenters. The molecule has 44 heavy (non-hydrogen) atoms. The van der Waals surface area contributed by atoms with E-state index in [9.17, 15) is 24.3 Å². The Bertz CT molecular complexity index is 1630. The number of nitrogens with zero attached hydrogens (tertiary/aromatic N) is 3. The Morgan fingerprint density at radius 3 is 2.43 bits per heavy atom. The molecule has 0 spiro atoms. The van der Waals surface area contributed by atoms with E-state index >= 15 is 0 Å². The van der Waals surface area contributed by atoms with Gasteiger partial charge in [-0.25, -0.2) is 9.78 Å². The lowest BCUT2D eigenvalue weighted by Crippen LogP contribution is -2.31. The van der Waals surface area contributed by atoms with Gasteiger partial charge in [0.15, 0.2) is 11.5 Å². The molecule has 5 N–H and O–H groups in total. The molecule has 4 rings (SSSR count). The first-order valence-electron chi connectivity index (χ1n) is 13.5. The van der Waals surface area contributed by atoms with Crippen LogP contribution in [0.25, 0.3) is 0 Å². The number of carbonyl (C=O) groups excluding carboxylic acids is 3. The molecule has 0 fully saturated rings. The topological polar surface area (TPSA) is 185 Å². The maximum atomic E-state index is 12.7. The standard InChI is InChI=1S/C31H31N7O6/c1-19-6-3-4-7-23(19)36-31(43)37-24-11-9-20(15-27(24)44-2)14-22(39)18-33-28-12-10-21(17-32-28)26(16-29(40)41)35-30(42)25-8-5-13-34-38-25/h3-13,15,17,26H,14,16,18H2,1-2H3,(H,32,33)(H,35,42)(H,40,41)(H2,36,37,43). The number of pyridine rings is 1. The molecule has 0 aliphatic carbocycles. The van der Waals surface area contributed by atoms with Crippen LogP contribution in [0.3, 0.4) is 0 Å². The second kappa shape index (κ2) is 14.9. The number of aromatic nitrogens is 3. The number of amides is 3. The van der Waals surface area contributed by atoms with Gasteiger partial charge in [-0.1, -0.05) is 30.3 Å². The van der Waals surface area contributed by atoms with Crippen molar-refractivity contribution < 1.29 is 29.0 Å². The van der Waals surface area contributed by atoms with Crippen LogP contribution in [0.2, 0.25) is 0 Å². The number of nitrogens with one attached hydrogen (secondary N) is 4. The lowest BCUT2D eigenvalue weighted by atomic mass is 10.1. The molecule has 1 unspecified atom stereocenters. The van der Waals surface area contributed by atoms with E-state index in [1.54, 1.807) is 42.5 Å². The number of methoxy groups -OCH3 is 1. The van der Waals surface area contributed by atoms with Crippen LogP contribution in [-0.2, 0) is 16.0 Å². The number of benzene rings is 2. The van der Waals surface area contributed by atoms with E-state index in [1.807, 2.05) is 25.1 Å². The van der Waals surface area contributed by atoms with Gasteiger partial charge in [-0.3, -0.25) is 14.4 Å². The maximum absolute atomic E-state index is 12.7. The van der Waals surface area contributed by atoms with Gasteiger partial charge >= 0.3 is 12.0 Å². The molecule has 13 nitrogen and oxygen atoms in total. The van der Waals surface area contributed by atoms with Gasteiger partial charge in [0.1, 0.15) is 11.6 Å². The van der Waals surface area contributed by atoms with Crippen LogP contribution >= 0.6 is 0 Å². The third kappa shape index (κ3) is 8.82. The Labute approximate surface area is 253 Å². The number of rotatable bonds is 13. The Balaban J connectivity index is 1.31. The monoisotopic (exact) mass is 597 g/mol. The molecule has 0 aliphatic heterocycles. The number of carbonyl (C=O) groups is 4. The summed E-state index contributed by atoms with van der Waals surface area (Å²) in [5.74, 6) is -0.997. The van der Waals surface area contributed by atoms with Crippen molar-refractivity contribution >= 4 is 40.9 Å². The molecule has 0 aliphatic rings. The molecular weight excluding hydrogens is 566 g/mol. The molecule has 226 valence electrons. The lowest BCUT2D eigenvalue weighted by molar-refractivity contribution is -0.137. The molecule has 4 aromatic rings. The van der Waals surface area contributed by atoms with Gasteiger partial charge in [-0.15, -0.1) is 5.10 Å². The number of para-hydroxylation sites is 1. The summed E-state index contributed by atoms with van der Waals surface area (Å²) in [7, 11) is 1.48. The van der Waals surface area contributed by atoms with Crippen LogP contribution in [0, 0.1) is 6.92 Å². The number of ether oxygens (including phenoxy) is 1. The predicted octanol–water partition coefficient (Wildman–Crippen LogP) is 4.00. The zero-order valence-corrected chi connectivity index (χ0v) is 24.0. The van der Waals surface area contributed by atoms with Gasteiger partial charge in [0.2, 0.25) is 0 Å². The maximum Gasteiger partial charge on any atom is 0.323 e. The number of carboxylic acid groups (broad SMARTS) is 1. The molecule has 0 bridgehead atoms. The molecule has 0 saturated carbocycles. The number of hydrogen-bond acceptors (Lipinski definition) is 9. The first kappa shape index (κ1) is 31.1. The highest BCUT2D eigenvalue weighted by Gasteiger charge is 2.20. The summed E-state index contributed by atoms with van der Waals surface area (Å²) in [5.41, 5.74) is 3.28. The van der Waals surface area contributed by atoms with Crippen LogP contribution in [-0.4, -0.2) is 57.6 Å². The summed E-state index contributed by atoms with van der Waals surface area (Å²) in [6.45, 7) is 1.88. The highest BCUT2D eigenvalue weighted by molar-refractivity contribution is 6.01. The number of aliphatic carboxylic acids is 1. The van der Waals surface area contributed by atoms with E-state index in [-0.39, 0.29) is 30.9 Å². The number of Topliss-reactive ketones (excluding diaryl/α,β-unsaturated/α-hetero) is 1. The first-order chi connectivity index (χ1) is 21.2. The van der Waals surface area contributed by atoms with Crippen LogP contribution < -0.4 is 26.0 Å². The van der Waals surface area contributed by atoms with Crippen molar-refractivity contribution in [2.75, 3.05) is 29.6 Å². The highest BCUT2D eigenvalue weighted by Crippen LogP contribution is 2.26. The van der Waals surface area contributed by atoms with Crippen LogP contribution in [0.4, 0.5) is 22.0 Å². The minimum absolute atomic E-state index is 0.0184. The zero-order chi connectivity index (χ0) is 31.5. The summed E-state index contributed by atoms with van der Waals surface area (Å²) in [6, 6.07) is 17.5. The number of carboxylic acids is 1. The predicted molar refractivity (Wildman–Crippen MR) is 163 cm³/mol. The molecule has 13 heteroatoms. The zero-order valence-electron chi connectivity index (χ0n) is 24.0. The molecule has 2 heterocycles. The van der Waals surface area contributed by atoms with Crippen molar-refractivity contribution in [3.05, 3.63) is 102 Å². The van der Waals surface area contributed by atoms with Gasteiger partial charge in [0, 0.05) is 24.5 Å². The first-order valence-corrected chi connectivity index (χ1v) is 13.5. The Kier molecular flexibility index (Phi) is 10.5. The normalized spacial score (nSPS) is 11.1. The van der Waals surface area contributed by atoms with Gasteiger partial charge in [0.05, 0.1) is 31.8 Å². The van der Waals surface area contributed by atoms with E-state index in [0.29, 0.717) is 34.1 Å². The second-order valence-electron chi connectivity index (χ2n) is 9.71. The van der Waals surface area contributed by atoms with Crippen LogP contribution in [0.15, 0.2) is 79.1 Å². The van der Waals surface area contributed by atoms with Gasteiger partial charge < -0.3 is 31.1 Å². The van der Waals surface area contributed by atoms with Crippen molar-refractivity contribution in [1.29, 1.82) is 0 Å². The third-order valence-corrected chi connectivity index (χ3v) is 6.45. The summed E-state index contributed by atoms with van der Waals surface area (Å²) in [6.07, 6.45) is 2.59. The number of urea groups is 1. The van der Waals surface area contributed by atoms with E-state index in [0.717, 1.165) is 5.56 Å². The number of ketones is 1. The molecule has 0 saturated heterocycles.